The van der Waals surface area contributed by atoms with Crippen molar-refractivity contribution in [1.82, 2.24) is 14.7 Å². The molecule has 0 fully saturated rings. The minimum absolute atomic E-state index is 0.154. The van der Waals surface area contributed by atoms with Gasteiger partial charge in [0.1, 0.15) is 11.3 Å². The van der Waals surface area contributed by atoms with Gasteiger partial charge in [0.25, 0.3) is 5.91 Å². The molecule has 2 aromatic carbocycles. The summed E-state index contributed by atoms with van der Waals surface area (Å²) in [5.74, 6) is -0.154. The van der Waals surface area contributed by atoms with Crippen molar-refractivity contribution < 1.29 is 4.79 Å². The van der Waals surface area contributed by atoms with Crippen molar-refractivity contribution in [3.63, 3.8) is 0 Å². The van der Waals surface area contributed by atoms with Crippen LogP contribution < -0.4 is 5.32 Å². The Morgan fingerprint density at radius 2 is 1.62 bits per heavy atom. The second kappa shape index (κ2) is 8.27. The number of nitrogens with zero attached hydrogens (tertiary/aromatic N) is 2. The molecule has 29 heavy (non-hydrogen) atoms. The minimum Gasteiger partial charge on any atom is -0.347 e. The van der Waals surface area contributed by atoms with Crippen LogP contribution in [0.3, 0.4) is 0 Å². The van der Waals surface area contributed by atoms with E-state index >= 15 is 0 Å². The fraction of sp³-hybridized carbons (Fsp3) is 0.130. The van der Waals surface area contributed by atoms with E-state index < -0.39 is 0 Å². The standard InChI is InChI=1S/C23H19Cl2N3O/c1-2-20-22(28-12-11-19(25)13-21(28)27-20)23(29)26-14-15-3-5-16(6-4-15)17-7-9-18(24)10-8-17/h3-13H,2,14H2,1H3,(H,26,29). The predicted molar refractivity (Wildman–Crippen MR) is 118 cm³/mol. The van der Waals surface area contributed by atoms with Crippen LogP contribution in [0.15, 0.2) is 66.9 Å². The highest BCUT2D eigenvalue weighted by Crippen LogP contribution is 2.22. The number of benzene rings is 2. The number of amides is 1. The van der Waals surface area contributed by atoms with Crippen molar-refractivity contribution in [2.75, 3.05) is 0 Å². The lowest BCUT2D eigenvalue weighted by molar-refractivity contribution is 0.0944. The fourth-order valence-electron chi connectivity index (χ4n) is 3.28. The van der Waals surface area contributed by atoms with E-state index in [1.54, 1.807) is 22.7 Å². The second-order valence-electron chi connectivity index (χ2n) is 6.72. The summed E-state index contributed by atoms with van der Waals surface area (Å²) >= 11 is 12.0. The third-order valence-corrected chi connectivity index (χ3v) is 5.28. The Kier molecular flexibility index (Phi) is 5.56. The highest BCUT2D eigenvalue weighted by atomic mass is 35.5. The number of carbonyl (C=O) groups excluding carboxylic acids is 1. The summed E-state index contributed by atoms with van der Waals surface area (Å²) in [7, 11) is 0. The highest BCUT2D eigenvalue weighted by Gasteiger charge is 2.18. The Bertz CT molecular complexity index is 1170. The third kappa shape index (κ3) is 4.14. The summed E-state index contributed by atoms with van der Waals surface area (Å²) in [6.45, 7) is 2.42. The van der Waals surface area contributed by atoms with Crippen LogP contribution in [0.2, 0.25) is 10.0 Å². The quantitative estimate of drug-likeness (QED) is 0.440. The maximum absolute atomic E-state index is 12.9. The van der Waals surface area contributed by atoms with Gasteiger partial charge in [0, 0.05) is 28.9 Å². The molecule has 0 spiro atoms. The molecule has 0 saturated heterocycles. The van der Waals surface area contributed by atoms with Gasteiger partial charge in [-0.05, 0) is 41.3 Å². The average molecular weight is 424 g/mol. The van der Waals surface area contributed by atoms with Crippen molar-refractivity contribution in [2.45, 2.75) is 19.9 Å². The minimum atomic E-state index is -0.154. The number of aryl methyl sites for hydroxylation is 1. The first-order valence-corrected chi connectivity index (χ1v) is 10.1. The zero-order valence-corrected chi connectivity index (χ0v) is 17.3. The highest BCUT2D eigenvalue weighted by molar-refractivity contribution is 6.31. The van der Waals surface area contributed by atoms with Crippen LogP contribution in [0.5, 0.6) is 0 Å². The number of hydrogen-bond donors (Lipinski definition) is 1. The smallest absolute Gasteiger partial charge is 0.270 e. The largest absolute Gasteiger partial charge is 0.347 e. The van der Waals surface area contributed by atoms with Gasteiger partial charge in [0.15, 0.2) is 0 Å². The first kappa shape index (κ1) is 19.5. The predicted octanol–water partition coefficient (Wildman–Crippen LogP) is 5.80. The number of pyridine rings is 1. The van der Waals surface area contributed by atoms with E-state index in [1.165, 1.54) is 0 Å². The number of halogens is 2. The number of nitrogens with one attached hydrogen (secondary N) is 1. The van der Waals surface area contributed by atoms with Crippen LogP contribution in [0.1, 0.15) is 28.7 Å². The van der Waals surface area contributed by atoms with E-state index in [2.05, 4.69) is 10.3 Å². The van der Waals surface area contributed by atoms with Crippen molar-refractivity contribution in [3.05, 3.63) is 93.9 Å². The summed E-state index contributed by atoms with van der Waals surface area (Å²) in [4.78, 5) is 17.4. The Hall–Kier alpha value is -2.82. The van der Waals surface area contributed by atoms with Gasteiger partial charge in [-0.1, -0.05) is 66.5 Å². The molecular weight excluding hydrogens is 405 g/mol. The molecule has 1 amide bonds. The average Bonchev–Trinajstić information content (AvgIpc) is 3.10. The number of carbonyl (C=O) groups is 1. The monoisotopic (exact) mass is 423 g/mol. The molecule has 0 aliphatic carbocycles. The first-order chi connectivity index (χ1) is 14.0. The molecule has 4 aromatic rings. The van der Waals surface area contributed by atoms with E-state index in [0.717, 1.165) is 22.4 Å². The molecular formula is C23H19Cl2N3O. The number of rotatable bonds is 5. The van der Waals surface area contributed by atoms with E-state index in [-0.39, 0.29) is 5.91 Å². The molecule has 0 bridgehead atoms. The van der Waals surface area contributed by atoms with E-state index in [1.807, 2.05) is 55.5 Å². The topological polar surface area (TPSA) is 46.4 Å². The Labute approximate surface area is 179 Å². The van der Waals surface area contributed by atoms with Gasteiger partial charge in [-0.2, -0.15) is 0 Å². The van der Waals surface area contributed by atoms with Crippen LogP contribution >= 0.6 is 23.2 Å². The lowest BCUT2D eigenvalue weighted by atomic mass is 10.0. The lowest BCUT2D eigenvalue weighted by Crippen LogP contribution is -2.25. The van der Waals surface area contributed by atoms with Crippen LogP contribution in [0.25, 0.3) is 16.8 Å². The first-order valence-electron chi connectivity index (χ1n) is 9.34. The number of hydrogen-bond acceptors (Lipinski definition) is 2. The van der Waals surface area contributed by atoms with E-state index in [4.69, 9.17) is 23.2 Å². The van der Waals surface area contributed by atoms with Crippen LogP contribution in [0, 0.1) is 0 Å². The van der Waals surface area contributed by atoms with Gasteiger partial charge in [0.05, 0.1) is 5.69 Å². The molecule has 0 aliphatic rings. The molecule has 0 aliphatic heterocycles. The van der Waals surface area contributed by atoms with Crippen LogP contribution in [-0.4, -0.2) is 15.3 Å². The van der Waals surface area contributed by atoms with Gasteiger partial charge in [-0.3, -0.25) is 9.20 Å². The Morgan fingerprint density at radius 3 is 2.28 bits per heavy atom. The van der Waals surface area contributed by atoms with Crippen LogP contribution in [-0.2, 0) is 13.0 Å². The van der Waals surface area contributed by atoms with Crippen molar-refractivity contribution in [2.24, 2.45) is 0 Å². The Morgan fingerprint density at radius 1 is 0.966 bits per heavy atom. The maximum atomic E-state index is 12.9. The molecule has 146 valence electrons. The van der Waals surface area contributed by atoms with Gasteiger partial charge in [0.2, 0.25) is 0 Å². The number of fused-ring (bicyclic) bond motifs is 1. The number of imidazole rings is 1. The van der Waals surface area contributed by atoms with E-state index in [0.29, 0.717) is 34.4 Å². The third-order valence-electron chi connectivity index (χ3n) is 4.79. The summed E-state index contributed by atoms with van der Waals surface area (Å²) in [5, 5.41) is 4.31. The van der Waals surface area contributed by atoms with E-state index in [9.17, 15) is 4.79 Å². The summed E-state index contributed by atoms with van der Waals surface area (Å²) in [6, 6.07) is 19.3. The fourth-order valence-corrected chi connectivity index (χ4v) is 3.56. The second-order valence-corrected chi connectivity index (χ2v) is 7.59. The summed E-state index contributed by atoms with van der Waals surface area (Å²) in [6.07, 6.45) is 2.44. The SMILES string of the molecule is CCc1nc2cc(Cl)ccn2c1C(=O)NCc1ccc(-c2ccc(Cl)cc2)cc1. The number of aromatic nitrogens is 2. The normalized spacial score (nSPS) is 11.0. The molecule has 0 radical (unpaired) electrons. The van der Waals surface area contributed by atoms with Gasteiger partial charge in [-0.25, -0.2) is 4.98 Å². The van der Waals surface area contributed by atoms with Gasteiger partial charge in [-0.15, -0.1) is 0 Å². The zero-order valence-electron chi connectivity index (χ0n) is 15.8. The summed E-state index contributed by atoms with van der Waals surface area (Å²) < 4.78 is 1.78. The molecule has 0 saturated carbocycles. The van der Waals surface area contributed by atoms with Gasteiger partial charge < -0.3 is 5.32 Å². The molecule has 1 N–H and O–H groups in total. The molecule has 4 nitrogen and oxygen atoms in total. The van der Waals surface area contributed by atoms with Crippen molar-refractivity contribution >= 4 is 34.8 Å². The van der Waals surface area contributed by atoms with Crippen molar-refractivity contribution in [1.29, 1.82) is 0 Å². The van der Waals surface area contributed by atoms with Gasteiger partial charge >= 0.3 is 0 Å². The maximum Gasteiger partial charge on any atom is 0.270 e. The molecule has 6 heteroatoms. The van der Waals surface area contributed by atoms with Crippen LogP contribution in [0.4, 0.5) is 0 Å². The molecule has 0 atom stereocenters. The zero-order chi connectivity index (χ0) is 20.4. The molecule has 4 rings (SSSR count). The van der Waals surface area contributed by atoms with Crippen molar-refractivity contribution in [3.8, 4) is 11.1 Å². The molecule has 0 unspecified atom stereocenters. The summed E-state index contributed by atoms with van der Waals surface area (Å²) in [5.41, 5.74) is 5.20. The molecule has 2 aromatic heterocycles. The Balaban J connectivity index is 1.50. The molecule has 2 heterocycles. The lowest BCUT2D eigenvalue weighted by Gasteiger charge is -2.08.